The smallest absolute Gasteiger partial charge is 0.249 e. The van der Waals surface area contributed by atoms with Crippen LogP contribution >= 0.6 is 0 Å². The topological polar surface area (TPSA) is 129 Å². The molecule has 48 heavy (non-hydrogen) atoms. The lowest BCUT2D eigenvalue weighted by molar-refractivity contribution is -0.138. The first kappa shape index (κ1) is 38.8. The lowest BCUT2D eigenvalue weighted by Crippen LogP contribution is -2.58. The highest BCUT2D eigenvalue weighted by molar-refractivity contribution is 5.98. The fraction of sp³-hybridized carbons (Fsp3) is 0.579. The van der Waals surface area contributed by atoms with Crippen molar-refractivity contribution < 1.29 is 28.7 Å². The Morgan fingerprint density at radius 3 is 1.81 bits per heavy atom. The number of aryl methyl sites for hydroxylation is 1. The minimum absolute atomic E-state index is 0.0761. The number of nitrogens with zero attached hydrogens (tertiary/aromatic N) is 1. The molecule has 0 aliphatic carbocycles. The molecular formula is C38H56N4O6. The van der Waals surface area contributed by atoms with Crippen LogP contribution in [0.3, 0.4) is 0 Å². The molecule has 1 aliphatic rings. The summed E-state index contributed by atoms with van der Waals surface area (Å²) >= 11 is 0. The molecular weight excluding hydrogens is 608 g/mol. The number of amides is 3. The summed E-state index contributed by atoms with van der Waals surface area (Å²) in [6, 6.07) is 16.7. The van der Waals surface area contributed by atoms with E-state index in [1.807, 2.05) is 107 Å². The molecule has 264 valence electrons. The third kappa shape index (κ3) is 13.1. The van der Waals surface area contributed by atoms with Crippen LogP contribution in [0.2, 0.25) is 0 Å². The van der Waals surface area contributed by atoms with Crippen molar-refractivity contribution >= 4 is 23.5 Å². The van der Waals surface area contributed by atoms with E-state index >= 15 is 0 Å². The zero-order valence-corrected chi connectivity index (χ0v) is 29.8. The number of epoxide rings is 1. The summed E-state index contributed by atoms with van der Waals surface area (Å²) in [5.74, 6) is -1.24. The van der Waals surface area contributed by atoms with Gasteiger partial charge >= 0.3 is 0 Å². The lowest BCUT2D eigenvalue weighted by Gasteiger charge is -2.28. The number of carbonyl (C=O) groups excluding carboxylic acids is 4. The summed E-state index contributed by atoms with van der Waals surface area (Å²) in [5.41, 5.74) is 1.04. The van der Waals surface area contributed by atoms with E-state index in [0.29, 0.717) is 45.4 Å². The molecule has 0 radical (unpaired) electrons. The average Bonchev–Trinajstić information content (AvgIpc) is 3.79. The van der Waals surface area contributed by atoms with E-state index in [4.69, 9.17) is 9.47 Å². The van der Waals surface area contributed by atoms with Gasteiger partial charge in [-0.05, 0) is 69.7 Å². The summed E-state index contributed by atoms with van der Waals surface area (Å²) in [5, 5.41) is 8.81. The number of carbonyl (C=O) groups is 4. The Bertz CT molecular complexity index is 1310. The van der Waals surface area contributed by atoms with Gasteiger partial charge in [0.25, 0.3) is 0 Å². The molecule has 0 spiro atoms. The number of hydrogen-bond acceptors (Lipinski definition) is 7. The van der Waals surface area contributed by atoms with Crippen LogP contribution < -0.4 is 16.0 Å². The Labute approximate surface area is 286 Å². The molecule has 3 N–H and O–H groups in total. The first-order valence-corrected chi connectivity index (χ1v) is 17.2. The molecule has 2 unspecified atom stereocenters. The third-order valence-electron chi connectivity index (χ3n) is 8.38. The molecule has 3 rings (SSSR count). The summed E-state index contributed by atoms with van der Waals surface area (Å²) < 4.78 is 11.5. The van der Waals surface area contributed by atoms with Gasteiger partial charge < -0.3 is 30.3 Å². The summed E-state index contributed by atoms with van der Waals surface area (Å²) in [7, 11) is 3.88. The molecule has 3 amide bonds. The predicted octanol–water partition coefficient (Wildman–Crippen LogP) is 3.71. The van der Waals surface area contributed by atoms with Crippen molar-refractivity contribution in [2.24, 2.45) is 11.8 Å². The first-order chi connectivity index (χ1) is 22.8. The molecule has 1 fully saturated rings. The van der Waals surface area contributed by atoms with Crippen LogP contribution in [-0.4, -0.2) is 92.1 Å². The number of rotatable bonds is 21. The van der Waals surface area contributed by atoms with Gasteiger partial charge in [0.1, 0.15) is 23.8 Å². The predicted molar refractivity (Wildman–Crippen MR) is 187 cm³/mol. The lowest BCUT2D eigenvalue weighted by atomic mass is 9.93. The monoisotopic (exact) mass is 664 g/mol. The molecule has 1 heterocycles. The van der Waals surface area contributed by atoms with Gasteiger partial charge in [-0.1, -0.05) is 88.4 Å². The van der Waals surface area contributed by atoms with Gasteiger partial charge in [0.15, 0.2) is 5.78 Å². The number of benzene rings is 2. The molecule has 10 nitrogen and oxygen atoms in total. The minimum atomic E-state index is -0.980. The Hall–Kier alpha value is -3.60. The van der Waals surface area contributed by atoms with Crippen LogP contribution in [0.5, 0.6) is 0 Å². The van der Waals surface area contributed by atoms with E-state index in [1.54, 1.807) is 6.92 Å². The third-order valence-corrected chi connectivity index (χ3v) is 8.38. The molecule has 5 atom stereocenters. The van der Waals surface area contributed by atoms with Crippen molar-refractivity contribution in [1.82, 2.24) is 20.9 Å². The highest BCUT2D eigenvalue weighted by atomic mass is 16.6. The van der Waals surface area contributed by atoms with Crippen molar-refractivity contribution in [3.05, 3.63) is 71.8 Å². The van der Waals surface area contributed by atoms with E-state index in [2.05, 4.69) is 16.0 Å². The molecule has 0 bridgehead atoms. The Balaban J connectivity index is 1.79. The molecule has 1 saturated heterocycles. The largest absolute Gasteiger partial charge is 0.367 e. The Morgan fingerprint density at radius 2 is 1.27 bits per heavy atom. The highest BCUT2D eigenvalue weighted by Crippen LogP contribution is 2.29. The maximum Gasteiger partial charge on any atom is 0.249 e. The van der Waals surface area contributed by atoms with Gasteiger partial charge in [0.2, 0.25) is 17.7 Å². The van der Waals surface area contributed by atoms with Gasteiger partial charge in [-0.25, -0.2) is 0 Å². The second-order valence-electron chi connectivity index (χ2n) is 14.2. The normalized spacial score (nSPS) is 18.2. The van der Waals surface area contributed by atoms with E-state index in [0.717, 1.165) is 11.1 Å². The number of hydrogen-bond donors (Lipinski definition) is 3. The molecule has 2 aromatic rings. The number of ketones is 1. The molecule has 0 saturated carbocycles. The number of nitrogens with one attached hydrogen (secondary N) is 3. The average molecular weight is 665 g/mol. The van der Waals surface area contributed by atoms with Crippen LogP contribution in [0, 0.1) is 11.8 Å². The van der Waals surface area contributed by atoms with Crippen LogP contribution in [0.4, 0.5) is 0 Å². The second-order valence-corrected chi connectivity index (χ2v) is 14.2. The molecule has 10 heteroatoms. The Kier molecular flexibility index (Phi) is 15.2. The van der Waals surface area contributed by atoms with Crippen molar-refractivity contribution in [1.29, 1.82) is 0 Å². The summed E-state index contributed by atoms with van der Waals surface area (Å²) in [6.07, 6.45) is 1.35. The fourth-order valence-electron chi connectivity index (χ4n) is 5.50. The fourth-order valence-corrected chi connectivity index (χ4v) is 5.50. The molecule has 2 aromatic carbocycles. The SMILES string of the molecule is CC(C)CC(NC(=O)[C@H](CCc1ccccc1)OCCN(C)C)C(=O)N[C@@H](Cc1ccccc1)C(=O)NC(CC(C)C)C(=O)[C@@]1(C)CO1. The summed E-state index contributed by atoms with van der Waals surface area (Å²) in [6.45, 7) is 11.0. The van der Waals surface area contributed by atoms with Crippen LogP contribution in [0.15, 0.2) is 60.7 Å². The number of Topliss-reactive ketones (excluding diaryl/α,β-unsaturated/α-hetero) is 1. The van der Waals surface area contributed by atoms with Crippen molar-refractivity contribution in [2.75, 3.05) is 33.9 Å². The van der Waals surface area contributed by atoms with Gasteiger partial charge in [-0.3, -0.25) is 19.2 Å². The standard InChI is InChI=1S/C38H56N4O6/c1-26(2)22-30(34(43)38(5)25-48-38)39-36(45)32(24-29-16-12-9-13-17-29)40-35(44)31(23-27(3)4)41-37(46)33(47-21-20-42(6)7)19-18-28-14-10-8-11-15-28/h8-17,26-27,30-33H,18-25H2,1-7H3,(H,39,45)(H,40,44)(H,41,46)/t30?,31?,32-,33-,38+/m0/s1. The maximum absolute atomic E-state index is 14.0. The van der Waals surface area contributed by atoms with Gasteiger partial charge in [0, 0.05) is 13.0 Å². The first-order valence-electron chi connectivity index (χ1n) is 17.2. The van der Waals surface area contributed by atoms with Gasteiger partial charge in [-0.2, -0.15) is 0 Å². The van der Waals surface area contributed by atoms with E-state index in [1.165, 1.54) is 0 Å². The van der Waals surface area contributed by atoms with E-state index in [9.17, 15) is 19.2 Å². The molecule has 1 aliphatic heterocycles. The highest BCUT2D eigenvalue weighted by Gasteiger charge is 2.50. The quantitative estimate of drug-likeness (QED) is 0.174. The zero-order valence-electron chi connectivity index (χ0n) is 29.8. The van der Waals surface area contributed by atoms with Crippen molar-refractivity contribution in [3.63, 3.8) is 0 Å². The number of likely N-dealkylation sites (N-methyl/N-ethyl adjacent to an activating group) is 1. The Morgan fingerprint density at radius 1 is 0.771 bits per heavy atom. The molecule has 0 aromatic heterocycles. The van der Waals surface area contributed by atoms with Crippen LogP contribution in [0.1, 0.15) is 65.0 Å². The van der Waals surface area contributed by atoms with Gasteiger partial charge in [0.05, 0.1) is 19.3 Å². The maximum atomic E-state index is 14.0. The summed E-state index contributed by atoms with van der Waals surface area (Å²) in [4.78, 5) is 56.8. The second kappa shape index (κ2) is 18.8. The van der Waals surface area contributed by atoms with Crippen molar-refractivity contribution in [3.8, 4) is 0 Å². The van der Waals surface area contributed by atoms with Crippen LogP contribution in [0.25, 0.3) is 0 Å². The van der Waals surface area contributed by atoms with Crippen molar-refractivity contribution in [2.45, 2.75) is 96.6 Å². The van der Waals surface area contributed by atoms with E-state index < -0.39 is 41.6 Å². The van der Waals surface area contributed by atoms with Gasteiger partial charge in [-0.15, -0.1) is 0 Å². The minimum Gasteiger partial charge on any atom is -0.367 e. The van der Waals surface area contributed by atoms with Crippen LogP contribution in [-0.2, 0) is 41.5 Å². The number of ether oxygens (including phenoxy) is 2. The van der Waals surface area contributed by atoms with E-state index in [-0.39, 0.29) is 29.9 Å². The zero-order chi connectivity index (χ0) is 35.3.